The number of allylic oxidation sites excluding steroid dienone is 1. The van der Waals surface area contributed by atoms with Gasteiger partial charge in [-0.2, -0.15) is 0 Å². The van der Waals surface area contributed by atoms with E-state index >= 15 is 0 Å². The summed E-state index contributed by atoms with van der Waals surface area (Å²) in [7, 11) is 0. The van der Waals surface area contributed by atoms with E-state index in [-0.39, 0.29) is 11.4 Å². The Labute approximate surface area is 42.0 Å². The molecule has 0 radical (unpaired) electrons. The van der Waals surface area contributed by atoms with Crippen LogP contribution in [-0.2, 0) is 0 Å². The second-order valence-corrected chi connectivity index (χ2v) is 1.21. The predicted molar refractivity (Wildman–Crippen MR) is 28.3 cm³/mol. The fraction of sp³-hybridized carbons (Fsp3) is 0.250. The average molecular weight is 100 g/mol. The first-order valence-electron chi connectivity index (χ1n) is 1.84. The van der Waals surface area contributed by atoms with Crippen LogP contribution < -0.4 is 5.73 Å². The summed E-state index contributed by atoms with van der Waals surface area (Å²) in [6.45, 7) is 1.50. The van der Waals surface area contributed by atoms with Crippen molar-refractivity contribution in [3.63, 3.8) is 0 Å². The highest BCUT2D eigenvalue weighted by molar-refractivity contribution is 5.94. The second-order valence-electron chi connectivity index (χ2n) is 1.21. The number of nitrogens with two attached hydrogens (primary N) is 1. The molecule has 7 heavy (non-hydrogen) atoms. The number of aliphatic hydroxyl groups excluding tert-OH is 1. The number of hydrogen-bond acceptors (Lipinski definition) is 3. The van der Waals surface area contributed by atoms with Gasteiger partial charge in [-0.3, -0.25) is 0 Å². The lowest BCUT2D eigenvalue weighted by molar-refractivity contribution is 0.469. The molecule has 40 valence electrons. The van der Waals surface area contributed by atoms with Gasteiger partial charge in [-0.15, -0.1) is 0 Å². The predicted octanol–water partition coefficient (Wildman–Crippen LogP) is 0.384. The van der Waals surface area contributed by atoms with E-state index in [2.05, 4.69) is 0 Å². The Morgan fingerprint density at radius 1 is 1.86 bits per heavy atom. The smallest absolute Gasteiger partial charge is 0.104 e. The molecule has 3 nitrogen and oxygen atoms in total. The molecule has 0 aromatic heterocycles. The van der Waals surface area contributed by atoms with Crippen molar-refractivity contribution >= 4 is 5.71 Å². The van der Waals surface area contributed by atoms with Crippen molar-refractivity contribution in [2.75, 3.05) is 0 Å². The quantitative estimate of drug-likeness (QED) is 0.329. The third-order valence-corrected chi connectivity index (χ3v) is 0.572. The summed E-state index contributed by atoms with van der Waals surface area (Å²) in [6.07, 6.45) is 0.711. The van der Waals surface area contributed by atoms with Gasteiger partial charge in [0.05, 0.1) is 11.4 Å². The molecular weight excluding hydrogens is 92.1 g/mol. The minimum absolute atomic E-state index is 0.111. The van der Waals surface area contributed by atoms with Crippen molar-refractivity contribution in [2.24, 2.45) is 5.73 Å². The van der Waals surface area contributed by atoms with Crippen molar-refractivity contribution in [2.45, 2.75) is 6.92 Å². The Morgan fingerprint density at radius 3 is 2.29 bits per heavy atom. The Morgan fingerprint density at radius 2 is 2.29 bits per heavy atom. The summed E-state index contributed by atoms with van der Waals surface area (Å²) in [4.78, 5) is 0. The van der Waals surface area contributed by atoms with Crippen LogP contribution >= 0.6 is 0 Å². The van der Waals surface area contributed by atoms with Crippen LogP contribution in [-0.4, -0.2) is 10.8 Å². The van der Waals surface area contributed by atoms with Gasteiger partial charge in [-0.1, -0.05) is 0 Å². The Hall–Kier alpha value is -0.990. The van der Waals surface area contributed by atoms with Gasteiger partial charge in [0, 0.05) is 0 Å². The maximum absolute atomic E-state index is 8.08. The van der Waals surface area contributed by atoms with Crippen LogP contribution in [0.25, 0.3) is 0 Å². The molecule has 0 bridgehead atoms. The molecule has 0 atom stereocenters. The summed E-state index contributed by atoms with van der Waals surface area (Å²) in [6, 6.07) is 0. The third-order valence-electron chi connectivity index (χ3n) is 0.572. The number of aliphatic hydroxyl groups is 1. The molecule has 0 saturated carbocycles. The van der Waals surface area contributed by atoms with Crippen molar-refractivity contribution in [1.82, 2.24) is 0 Å². The lowest BCUT2D eigenvalue weighted by Gasteiger charge is -1.89. The molecule has 4 N–H and O–H groups in total. The van der Waals surface area contributed by atoms with E-state index in [1.54, 1.807) is 0 Å². The van der Waals surface area contributed by atoms with E-state index < -0.39 is 0 Å². The molecule has 0 rings (SSSR count). The summed E-state index contributed by atoms with van der Waals surface area (Å²) in [5.74, 6) is 0. The molecule has 0 aliphatic carbocycles. The number of nitrogens with one attached hydrogen (secondary N) is 1. The lowest BCUT2D eigenvalue weighted by Crippen LogP contribution is -2.05. The summed E-state index contributed by atoms with van der Waals surface area (Å²) >= 11 is 0. The number of rotatable bonds is 1. The molecule has 0 aromatic carbocycles. The highest BCUT2D eigenvalue weighted by Crippen LogP contribution is 1.80. The zero-order valence-corrected chi connectivity index (χ0v) is 4.10. The maximum atomic E-state index is 8.08. The largest absolute Gasteiger partial charge is 0.513 e. The zero-order chi connectivity index (χ0) is 5.86. The molecular formula is C4H8N2O. The van der Waals surface area contributed by atoms with Crippen molar-refractivity contribution < 1.29 is 5.11 Å². The van der Waals surface area contributed by atoms with Crippen molar-refractivity contribution in [3.05, 3.63) is 12.0 Å². The fourth-order valence-electron chi connectivity index (χ4n) is 0.0968. The number of hydrogen-bond donors (Lipinski definition) is 3. The fourth-order valence-corrected chi connectivity index (χ4v) is 0.0968. The van der Waals surface area contributed by atoms with Gasteiger partial charge in [0.1, 0.15) is 6.26 Å². The molecule has 3 heteroatoms. The zero-order valence-electron chi connectivity index (χ0n) is 4.10. The van der Waals surface area contributed by atoms with E-state index in [0.29, 0.717) is 6.26 Å². The Bertz CT molecular complexity index is 106. The van der Waals surface area contributed by atoms with Crippen LogP contribution in [0.5, 0.6) is 0 Å². The Kier molecular flexibility index (Phi) is 1.91. The molecule has 0 amide bonds. The molecule has 0 fully saturated rings. The van der Waals surface area contributed by atoms with E-state index in [1.165, 1.54) is 6.92 Å². The molecule has 0 heterocycles. The topological polar surface area (TPSA) is 70.1 Å². The van der Waals surface area contributed by atoms with E-state index in [4.69, 9.17) is 16.2 Å². The maximum Gasteiger partial charge on any atom is 0.104 e. The van der Waals surface area contributed by atoms with Gasteiger partial charge < -0.3 is 16.2 Å². The molecule has 0 aromatic rings. The highest BCUT2D eigenvalue weighted by atomic mass is 16.2. The van der Waals surface area contributed by atoms with Gasteiger partial charge >= 0.3 is 0 Å². The first-order chi connectivity index (χ1) is 3.18. The van der Waals surface area contributed by atoms with Crippen LogP contribution in [0.3, 0.4) is 0 Å². The van der Waals surface area contributed by atoms with Gasteiger partial charge in [0.2, 0.25) is 0 Å². The summed E-state index contributed by atoms with van der Waals surface area (Å²) in [5, 5.41) is 14.8. The van der Waals surface area contributed by atoms with Crippen LogP contribution in [0.15, 0.2) is 12.0 Å². The standard InChI is InChI=1S/C4H8N2O/c1-3(5)4(6)2-7/h2,5,7H,6H2,1H3/b4-2+,5-3?. The summed E-state index contributed by atoms with van der Waals surface area (Å²) in [5.41, 5.74) is 5.30. The van der Waals surface area contributed by atoms with Crippen LogP contribution in [0, 0.1) is 5.41 Å². The SMILES string of the molecule is CC(=N)/C(N)=C\O. The first kappa shape index (κ1) is 6.01. The van der Waals surface area contributed by atoms with Crippen molar-refractivity contribution in [1.29, 1.82) is 5.41 Å². The van der Waals surface area contributed by atoms with E-state index in [0.717, 1.165) is 0 Å². The van der Waals surface area contributed by atoms with Crippen LogP contribution in [0.2, 0.25) is 0 Å². The van der Waals surface area contributed by atoms with E-state index in [9.17, 15) is 0 Å². The third kappa shape index (κ3) is 1.81. The molecule has 0 aliphatic rings. The van der Waals surface area contributed by atoms with Crippen LogP contribution in [0.4, 0.5) is 0 Å². The van der Waals surface area contributed by atoms with E-state index in [1.807, 2.05) is 0 Å². The molecule has 0 saturated heterocycles. The van der Waals surface area contributed by atoms with Gasteiger partial charge in [0.15, 0.2) is 0 Å². The first-order valence-corrected chi connectivity index (χ1v) is 1.84. The summed E-state index contributed by atoms with van der Waals surface area (Å²) < 4.78 is 0. The van der Waals surface area contributed by atoms with Crippen LogP contribution in [0.1, 0.15) is 6.92 Å². The van der Waals surface area contributed by atoms with Crippen molar-refractivity contribution in [3.8, 4) is 0 Å². The van der Waals surface area contributed by atoms with Gasteiger partial charge in [0.25, 0.3) is 0 Å². The average Bonchev–Trinajstić information content (AvgIpc) is 1.65. The minimum atomic E-state index is 0.111. The normalized spacial score (nSPS) is 11.3. The highest BCUT2D eigenvalue weighted by Gasteiger charge is 1.86. The second kappa shape index (κ2) is 2.23. The monoisotopic (exact) mass is 100 g/mol. The van der Waals surface area contributed by atoms with Gasteiger partial charge in [-0.05, 0) is 6.92 Å². The van der Waals surface area contributed by atoms with Gasteiger partial charge in [-0.25, -0.2) is 0 Å². The molecule has 0 spiro atoms. The molecule has 0 aliphatic heterocycles. The lowest BCUT2D eigenvalue weighted by atomic mass is 10.3. The molecule has 0 unspecified atom stereocenters. The Balaban J connectivity index is 3.82. The minimum Gasteiger partial charge on any atom is -0.513 e.